The molecule has 0 spiro atoms. The summed E-state index contributed by atoms with van der Waals surface area (Å²) in [5.74, 6) is 2.31. The third-order valence-corrected chi connectivity index (χ3v) is 18.3. The minimum Gasteiger partial charge on any atom is -1.00 e. The average molecular weight is 529 g/mol. The number of pyridine rings is 2. The van der Waals surface area contributed by atoms with Crippen LogP contribution in [0.5, 0.6) is 0 Å². The summed E-state index contributed by atoms with van der Waals surface area (Å²) >= 11 is 6.15. The number of aromatic nitrogens is 2. The van der Waals surface area contributed by atoms with Gasteiger partial charge in [-0.1, -0.05) is 79.9 Å². The number of nitrogens with one attached hydrogen (secondary N) is 1. The molecule has 2 aromatic rings. The van der Waals surface area contributed by atoms with Crippen LogP contribution in [0.4, 0.5) is 11.6 Å². The van der Waals surface area contributed by atoms with Gasteiger partial charge in [-0.15, -0.1) is 0 Å². The van der Waals surface area contributed by atoms with Gasteiger partial charge >= 0.3 is 29.6 Å². The average Bonchev–Trinajstić information content (AvgIpc) is 3.33. The fraction of sp³-hybridized carbons (Fsp3) is 0.615. The van der Waals surface area contributed by atoms with Gasteiger partial charge in [0, 0.05) is 25.5 Å². The molecule has 34 heavy (non-hydrogen) atoms. The van der Waals surface area contributed by atoms with Gasteiger partial charge < -0.3 is 11.3 Å². The molecular formula is C26H46ClN4NaSi2. The molecule has 0 amide bonds. The third kappa shape index (κ3) is 8.07. The van der Waals surface area contributed by atoms with Crippen LogP contribution in [0.1, 0.15) is 54.1 Å². The van der Waals surface area contributed by atoms with Crippen molar-refractivity contribution in [2.45, 2.75) is 90.6 Å². The first-order chi connectivity index (χ1) is 15.1. The number of fused-ring (bicyclic) bond motifs is 2. The van der Waals surface area contributed by atoms with Gasteiger partial charge in [0.2, 0.25) is 0 Å². The van der Waals surface area contributed by atoms with Crippen molar-refractivity contribution < 1.29 is 31.0 Å². The minimum absolute atomic E-state index is 0. The summed E-state index contributed by atoms with van der Waals surface area (Å²) in [6.07, 6.45) is 6.03. The maximum Gasteiger partial charge on any atom is 1.00 e. The Morgan fingerprint density at radius 3 is 1.91 bits per heavy atom. The molecule has 8 heteroatoms. The molecule has 0 atom stereocenters. The van der Waals surface area contributed by atoms with Gasteiger partial charge in [0.1, 0.15) is 11.6 Å². The Balaban J connectivity index is 0.000000523. The largest absolute Gasteiger partial charge is 1.00 e. The SMILES string of the molecule is CC(C)(C)[Si](C)(C)Cl.CC(C)(C)[Si](C)(C)N1CCc2cccnc21.[H-].[Na+].c1cnc2c(c1)CCN2. The molecule has 4 nitrogen and oxygen atoms in total. The quantitative estimate of drug-likeness (QED) is 0.424. The Kier molecular flexibility index (Phi) is 11.4. The van der Waals surface area contributed by atoms with Crippen molar-refractivity contribution in [2.24, 2.45) is 0 Å². The van der Waals surface area contributed by atoms with Crippen LogP contribution in [0.3, 0.4) is 0 Å². The zero-order chi connectivity index (χ0) is 25.1. The van der Waals surface area contributed by atoms with Gasteiger partial charge in [-0.25, -0.2) is 9.97 Å². The standard InChI is InChI=1S/C13H22N2Si.C7H8N2.C6H15ClSi.Na.H/c1-13(2,3)16(4,5)15-10-8-11-7-6-9-14-12(11)15;1-2-6-3-5-9-7(6)8-4-1;1-6(2,3)8(4,5)7;;/h6-7,9H,8,10H2,1-5H3;1-2,4H,3,5H2,(H,8,9);1-5H3;;/q;;;+1;-1. The number of rotatable bonds is 1. The van der Waals surface area contributed by atoms with Crippen molar-refractivity contribution in [1.29, 1.82) is 0 Å². The van der Waals surface area contributed by atoms with Crippen LogP contribution in [-0.2, 0) is 12.8 Å². The van der Waals surface area contributed by atoms with E-state index in [2.05, 4.69) is 99.7 Å². The van der Waals surface area contributed by atoms with Crippen molar-refractivity contribution in [1.82, 2.24) is 9.97 Å². The van der Waals surface area contributed by atoms with Gasteiger partial charge in [-0.05, 0) is 46.2 Å². The first kappa shape index (κ1) is 31.7. The van der Waals surface area contributed by atoms with Crippen LogP contribution < -0.4 is 39.4 Å². The van der Waals surface area contributed by atoms with Crippen LogP contribution >= 0.6 is 11.1 Å². The van der Waals surface area contributed by atoms with Crippen molar-refractivity contribution in [2.75, 3.05) is 23.0 Å². The molecule has 0 unspecified atom stereocenters. The first-order valence-corrected chi connectivity index (χ1v) is 19.1. The number of anilines is 2. The Morgan fingerprint density at radius 2 is 1.41 bits per heavy atom. The van der Waals surface area contributed by atoms with E-state index in [1.807, 2.05) is 24.5 Å². The van der Waals surface area contributed by atoms with Crippen molar-refractivity contribution in [3.63, 3.8) is 0 Å². The van der Waals surface area contributed by atoms with E-state index < -0.39 is 15.6 Å². The summed E-state index contributed by atoms with van der Waals surface area (Å²) in [6, 6.07) is 8.36. The summed E-state index contributed by atoms with van der Waals surface area (Å²) in [7, 11) is -2.84. The number of nitrogens with zero attached hydrogens (tertiary/aromatic N) is 3. The van der Waals surface area contributed by atoms with E-state index in [1.54, 1.807) is 0 Å². The Morgan fingerprint density at radius 1 is 0.882 bits per heavy atom. The predicted molar refractivity (Wildman–Crippen MR) is 153 cm³/mol. The molecule has 186 valence electrons. The molecule has 4 heterocycles. The number of hydrogen-bond acceptors (Lipinski definition) is 4. The van der Waals surface area contributed by atoms with E-state index in [9.17, 15) is 0 Å². The zero-order valence-corrected chi connectivity index (χ0v) is 28.3. The van der Waals surface area contributed by atoms with E-state index in [0.29, 0.717) is 10.1 Å². The molecule has 4 rings (SSSR count). The minimum atomic E-state index is -1.45. The fourth-order valence-corrected chi connectivity index (χ4v) is 5.48. The van der Waals surface area contributed by atoms with Crippen LogP contribution in [-0.4, -0.2) is 38.7 Å². The molecular weight excluding hydrogens is 483 g/mol. The second kappa shape index (κ2) is 12.2. The maximum atomic E-state index is 6.15. The molecule has 2 aromatic heterocycles. The fourth-order valence-electron chi connectivity index (χ4n) is 3.27. The first-order valence-electron chi connectivity index (χ1n) is 12.1. The van der Waals surface area contributed by atoms with Crippen LogP contribution in [0.2, 0.25) is 36.3 Å². The van der Waals surface area contributed by atoms with Gasteiger partial charge in [-0.3, -0.25) is 0 Å². The van der Waals surface area contributed by atoms with Crippen molar-refractivity contribution in [3.8, 4) is 0 Å². The van der Waals surface area contributed by atoms with E-state index in [1.165, 1.54) is 16.9 Å². The monoisotopic (exact) mass is 528 g/mol. The number of hydrogen-bond donors (Lipinski definition) is 1. The molecule has 1 N–H and O–H groups in total. The smallest absolute Gasteiger partial charge is 1.00 e. The van der Waals surface area contributed by atoms with Crippen molar-refractivity contribution in [3.05, 3.63) is 47.8 Å². The van der Waals surface area contributed by atoms with Gasteiger partial charge in [-0.2, -0.15) is 11.1 Å². The molecule has 0 aliphatic carbocycles. The Labute approximate surface area is 239 Å². The van der Waals surface area contributed by atoms with E-state index in [4.69, 9.17) is 11.1 Å². The molecule has 0 bridgehead atoms. The summed E-state index contributed by atoms with van der Waals surface area (Å²) < 4.78 is 2.60. The summed E-state index contributed by atoms with van der Waals surface area (Å²) in [4.78, 5) is 8.73. The zero-order valence-electron chi connectivity index (χ0n) is 24.5. The van der Waals surface area contributed by atoms with E-state index in [0.717, 1.165) is 31.7 Å². The van der Waals surface area contributed by atoms with Crippen LogP contribution in [0.15, 0.2) is 36.7 Å². The summed E-state index contributed by atoms with van der Waals surface area (Å²) in [6.45, 7) is 25.1. The maximum absolute atomic E-state index is 6.15. The predicted octanol–water partition coefficient (Wildman–Crippen LogP) is 4.85. The second-order valence-electron chi connectivity index (χ2n) is 12.1. The molecule has 0 aromatic carbocycles. The van der Waals surface area contributed by atoms with Crippen LogP contribution in [0.25, 0.3) is 0 Å². The second-order valence-corrected chi connectivity index (χ2v) is 24.5. The van der Waals surface area contributed by atoms with E-state index in [-0.39, 0.29) is 31.0 Å². The molecule has 0 saturated carbocycles. The molecule has 0 radical (unpaired) electrons. The molecule has 2 aliphatic heterocycles. The van der Waals surface area contributed by atoms with Gasteiger partial charge in [0.25, 0.3) is 0 Å². The van der Waals surface area contributed by atoms with Gasteiger partial charge in [0.05, 0.1) is 0 Å². The van der Waals surface area contributed by atoms with Gasteiger partial charge in [0.15, 0.2) is 15.6 Å². The summed E-state index contributed by atoms with van der Waals surface area (Å²) in [5.41, 5.74) is 2.77. The number of halogens is 1. The Bertz CT molecular complexity index is 890. The molecule has 0 fully saturated rings. The van der Waals surface area contributed by atoms with E-state index >= 15 is 0 Å². The molecule has 0 saturated heterocycles. The third-order valence-electron chi connectivity index (χ3n) is 7.60. The normalized spacial score (nSPS) is 15.0. The topological polar surface area (TPSA) is 41.1 Å². The van der Waals surface area contributed by atoms with Crippen LogP contribution in [0, 0.1) is 0 Å². The molecule has 2 aliphatic rings. The van der Waals surface area contributed by atoms with Crippen molar-refractivity contribution >= 4 is 38.3 Å². The summed E-state index contributed by atoms with van der Waals surface area (Å²) in [5, 5.41) is 3.91. The Hall–Kier alpha value is -0.376.